The minimum Gasteiger partial charge on any atom is -0.309 e. The molecule has 0 unspecified atom stereocenters. The van der Waals surface area contributed by atoms with Crippen LogP contribution in [-0.2, 0) is 12.4 Å². The molecule has 8 aromatic rings. The standard InChI is InChI=1S/C42H18F6N6/c43-41(44,45)33-11-5-27(17-39(33)53-35-13-23(19-49)1-7-29(35)30-8-2-24(20-50)14-36(30)53)28-6-12-34(42(46,47)48)40(18-28)54-37-15-25(21-51)3-9-31(37)32-10-4-26(22-52)16-38(32)54/h1-18H. The number of rotatable bonds is 3. The number of hydrogen-bond donors (Lipinski definition) is 0. The smallest absolute Gasteiger partial charge is 0.309 e. The predicted molar refractivity (Wildman–Crippen MR) is 189 cm³/mol. The number of fused-ring (bicyclic) bond motifs is 6. The Bertz CT molecular complexity index is 2730. The number of halogens is 6. The maximum Gasteiger partial charge on any atom is 0.418 e. The van der Waals surface area contributed by atoms with Gasteiger partial charge in [-0.25, -0.2) is 0 Å². The second kappa shape index (κ2) is 12.0. The number of nitrogens with zero attached hydrogens (tertiary/aromatic N) is 6. The van der Waals surface area contributed by atoms with Gasteiger partial charge >= 0.3 is 12.4 Å². The Morgan fingerprint density at radius 1 is 0.370 bits per heavy atom. The van der Waals surface area contributed by atoms with Crippen LogP contribution in [0.4, 0.5) is 26.3 Å². The molecule has 0 saturated carbocycles. The zero-order valence-electron chi connectivity index (χ0n) is 27.3. The predicted octanol–water partition coefficient (Wildman–Crippen LogP) is 11.1. The van der Waals surface area contributed by atoms with Crippen LogP contribution in [0.2, 0.25) is 0 Å². The van der Waals surface area contributed by atoms with E-state index in [0.717, 1.165) is 12.1 Å². The number of hydrogen-bond acceptors (Lipinski definition) is 4. The first-order chi connectivity index (χ1) is 25.8. The summed E-state index contributed by atoms with van der Waals surface area (Å²) < 4.78 is 91.6. The summed E-state index contributed by atoms with van der Waals surface area (Å²) in [4.78, 5) is 0. The maximum atomic E-state index is 14.8. The fraction of sp³-hybridized carbons (Fsp3) is 0.0476. The second-order valence-corrected chi connectivity index (χ2v) is 12.5. The van der Waals surface area contributed by atoms with E-state index in [-0.39, 0.29) is 66.8 Å². The van der Waals surface area contributed by atoms with E-state index in [0.29, 0.717) is 21.5 Å². The SMILES string of the molecule is N#Cc1ccc2c3ccc(C#N)cc3n(-c3cc(-c4ccc(C(F)(F)F)c(-n5c6cc(C#N)ccc6c6ccc(C#N)cc65)c4)ccc3C(F)(F)F)c2c1. The summed E-state index contributed by atoms with van der Waals surface area (Å²) in [5.41, 5.74) is -0.893. The van der Waals surface area contributed by atoms with Crippen molar-refractivity contribution in [2.45, 2.75) is 12.4 Å². The highest BCUT2D eigenvalue weighted by atomic mass is 19.4. The van der Waals surface area contributed by atoms with Gasteiger partial charge in [0.15, 0.2) is 0 Å². The van der Waals surface area contributed by atoms with E-state index >= 15 is 0 Å². The molecule has 0 aliphatic rings. The molecule has 54 heavy (non-hydrogen) atoms. The molecule has 6 nitrogen and oxygen atoms in total. The molecule has 0 aliphatic heterocycles. The monoisotopic (exact) mass is 720 g/mol. The van der Waals surface area contributed by atoms with Crippen molar-refractivity contribution in [3.63, 3.8) is 0 Å². The normalized spacial score (nSPS) is 11.8. The minimum absolute atomic E-state index is 0.132. The van der Waals surface area contributed by atoms with E-state index < -0.39 is 23.5 Å². The van der Waals surface area contributed by atoms with E-state index in [1.165, 1.54) is 81.9 Å². The third-order valence-electron chi connectivity index (χ3n) is 9.47. The fourth-order valence-electron chi connectivity index (χ4n) is 7.11. The van der Waals surface area contributed by atoms with Crippen molar-refractivity contribution in [3.8, 4) is 46.8 Å². The highest BCUT2D eigenvalue weighted by molar-refractivity contribution is 6.11. The van der Waals surface area contributed by atoms with Crippen molar-refractivity contribution < 1.29 is 26.3 Å². The van der Waals surface area contributed by atoms with E-state index in [1.807, 2.05) is 24.3 Å². The van der Waals surface area contributed by atoms with Gasteiger partial charge in [-0.15, -0.1) is 0 Å². The Kier molecular flexibility index (Phi) is 7.48. The lowest BCUT2D eigenvalue weighted by Crippen LogP contribution is -2.12. The van der Waals surface area contributed by atoms with Crippen molar-refractivity contribution in [2.24, 2.45) is 0 Å². The summed E-state index contributed by atoms with van der Waals surface area (Å²) in [6.07, 6.45) is -9.77. The molecule has 0 spiro atoms. The lowest BCUT2D eigenvalue weighted by molar-refractivity contribution is -0.138. The molecule has 0 amide bonds. The minimum atomic E-state index is -4.89. The lowest BCUT2D eigenvalue weighted by atomic mass is 9.98. The Morgan fingerprint density at radius 3 is 0.889 bits per heavy atom. The summed E-state index contributed by atoms with van der Waals surface area (Å²) >= 11 is 0. The average molecular weight is 721 g/mol. The van der Waals surface area contributed by atoms with Crippen LogP contribution >= 0.6 is 0 Å². The Hall–Kier alpha value is -7.54. The third kappa shape index (κ3) is 5.25. The Labute approximate surface area is 301 Å². The maximum absolute atomic E-state index is 14.8. The van der Waals surface area contributed by atoms with Crippen molar-refractivity contribution in [1.82, 2.24) is 9.13 Å². The van der Waals surface area contributed by atoms with Gasteiger partial charge in [0.25, 0.3) is 0 Å². The summed E-state index contributed by atoms with van der Waals surface area (Å²) in [5, 5.41) is 40.8. The molecule has 0 atom stereocenters. The Morgan fingerprint density at radius 2 is 0.648 bits per heavy atom. The van der Waals surface area contributed by atoms with Crippen molar-refractivity contribution >= 4 is 43.6 Å². The Balaban J connectivity index is 1.46. The van der Waals surface area contributed by atoms with Gasteiger partial charge in [-0.3, -0.25) is 0 Å². The molecule has 12 heteroatoms. The van der Waals surface area contributed by atoms with Crippen LogP contribution in [-0.4, -0.2) is 9.13 Å². The molecule has 0 bridgehead atoms. The highest BCUT2D eigenvalue weighted by Crippen LogP contribution is 2.44. The molecule has 0 N–H and O–H groups in total. The number of alkyl halides is 6. The van der Waals surface area contributed by atoms with Crippen LogP contribution in [0.5, 0.6) is 0 Å². The summed E-state index contributed by atoms with van der Waals surface area (Å²) in [6, 6.07) is 32.8. The fourth-order valence-corrected chi connectivity index (χ4v) is 7.11. The zero-order valence-corrected chi connectivity index (χ0v) is 27.3. The average Bonchev–Trinajstić information content (AvgIpc) is 3.67. The third-order valence-corrected chi connectivity index (χ3v) is 9.47. The first kappa shape index (κ1) is 33.6. The number of nitriles is 4. The van der Waals surface area contributed by atoms with Crippen molar-refractivity contribution in [2.75, 3.05) is 0 Å². The molecule has 0 radical (unpaired) electrons. The van der Waals surface area contributed by atoms with E-state index in [1.54, 1.807) is 24.3 Å². The van der Waals surface area contributed by atoms with Crippen LogP contribution in [0.25, 0.3) is 66.1 Å². The van der Waals surface area contributed by atoms with Crippen LogP contribution in [0.3, 0.4) is 0 Å². The molecule has 2 aromatic heterocycles. The lowest BCUT2D eigenvalue weighted by Gasteiger charge is -2.20. The van der Waals surface area contributed by atoms with Gasteiger partial charge in [0, 0.05) is 21.5 Å². The van der Waals surface area contributed by atoms with Gasteiger partial charge in [-0.05, 0) is 83.9 Å². The second-order valence-electron chi connectivity index (χ2n) is 12.5. The molecule has 6 aromatic carbocycles. The summed E-state index contributed by atoms with van der Waals surface area (Å²) in [7, 11) is 0. The largest absolute Gasteiger partial charge is 0.418 e. The first-order valence-corrected chi connectivity index (χ1v) is 16.0. The van der Waals surface area contributed by atoms with Crippen LogP contribution in [0, 0.1) is 45.3 Å². The van der Waals surface area contributed by atoms with Crippen LogP contribution in [0.1, 0.15) is 33.4 Å². The van der Waals surface area contributed by atoms with Gasteiger partial charge < -0.3 is 9.13 Å². The molecule has 2 heterocycles. The number of benzene rings is 6. The van der Waals surface area contributed by atoms with Gasteiger partial charge in [0.1, 0.15) is 0 Å². The molecule has 0 fully saturated rings. The first-order valence-electron chi connectivity index (χ1n) is 16.0. The van der Waals surface area contributed by atoms with E-state index in [2.05, 4.69) is 0 Å². The quantitative estimate of drug-likeness (QED) is 0.169. The van der Waals surface area contributed by atoms with Gasteiger partial charge in [0.05, 0.1) is 91.1 Å². The van der Waals surface area contributed by atoms with Crippen LogP contribution in [0.15, 0.2) is 109 Å². The topological polar surface area (TPSA) is 105 Å². The molecule has 0 aliphatic carbocycles. The molecule has 258 valence electrons. The van der Waals surface area contributed by atoms with Crippen molar-refractivity contribution in [3.05, 3.63) is 143 Å². The van der Waals surface area contributed by atoms with Gasteiger partial charge in [-0.2, -0.15) is 47.4 Å². The molecule has 8 rings (SSSR count). The molecule has 0 saturated heterocycles. The number of aromatic nitrogens is 2. The van der Waals surface area contributed by atoms with E-state index in [4.69, 9.17) is 0 Å². The van der Waals surface area contributed by atoms with Gasteiger partial charge in [-0.1, -0.05) is 36.4 Å². The van der Waals surface area contributed by atoms with E-state index in [9.17, 15) is 47.4 Å². The van der Waals surface area contributed by atoms with Crippen LogP contribution < -0.4 is 0 Å². The zero-order chi connectivity index (χ0) is 38.1. The van der Waals surface area contributed by atoms with Crippen molar-refractivity contribution in [1.29, 1.82) is 21.0 Å². The van der Waals surface area contributed by atoms with Gasteiger partial charge in [0.2, 0.25) is 0 Å². The summed E-state index contributed by atoms with van der Waals surface area (Å²) in [5.74, 6) is 0. The molecular weight excluding hydrogens is 702 g/mol. The molecular formula is C42H18F6N6. The summed E-state index contributed by atoms with van der Waals surface area (Å²) in [6.45, 7) is 0. The highest BCUT2D eigenvalue weighted by Gasteiger charge is 2.37.